The fraction of sp³-hybridized carbons (Fsp3) is 0.750. The first-order valence-electron chi connectivity index (χ1n) is 6.30. The Balaban J connectivity index is 1.84. The van der Waals surface area contributed by atoms with Crippen LogP contribution in [0.4, 0.5) is 4.79 Å². The smallest absolute Gasteiger partial charge is 0.325 e. The summed E-state index contributed by atoms with van der Waals surface area (Å²) in [5.74, 6) is -0.294. The van der Waals surface area contributed by atoms with Gasteiger partial charge >= 0.3 is 12.0 Å². The summed E-state index contributed by atoms with van der Waals surface area (Å²) >= 11 is 0. The third-order valence-electron chi connectivity index (χ3n) is 4.12. The van der Waals surface area contributed by atoms with Crippen LogP contribution in [-0.2, 0) is 14.3 Å². The molecule has 0 atom stereocenters. The normalized spacial score (nSPS) is 26.2. The van der Waals surface area contributed by atoms with Gasteiger partial charge in [0.25, 0.3) is 5.91 Å². The minimum Gasteiger partial charge on any atom is -0.468 e. The molecular weight excluding hydrogens is 236 g/mol. The van der Waals surface area contributed by atoms with Crippen LogP contribution in [0, 0.1) is 11.8 Å². The van der Waals surface area contributed by atoms with Gasteiger partial charge in [0, 0.05) is 0 Å². The van der Waals surface area contributed by atoms with Crippen LogP contribution in [0.3, 0.4) is 0 Å². The lowest BCUT2D eigenvalue weighted by molar-refractivity contribution is -0.145. The Kier molecular flexibility index (Phi) is 2.36. The molecule has 1 aliphatic heterocycles. The van der Waals surface area contributed by atoms with Crippen LogP contribution in [-0.4, -0.2) is 42.0 Å². The van der Waals surface area contributed by atoms with Crippen molar-refractivity contribution in [2.24, 2.45) is 11.8 Å². The van der Waals surface area contributed by atoms with Crippen molar-refractivity contribution in [1.82, 2.24) is 10.2 Å². The van der Waals surface area contributed by atoms with E-state index in [1.165, 1.54) is 7.11 Å². The van der Waals surface area contributed by atoms with E-state index < -0.39 is 17.5 Å². The Hall–Kier alpha value is -1.59. The Morgan fingerprint density at radius 2 is 1.89 bits per heavy atom. The van der Waals surface area contributed by atoms with Gasteiger partial charge in [-0.25, -0.2) is 4.79 Å². The molecule has 1 heterocycles. The quantitative estimate of drug-likeness (QED) is 0.575. The maximum atomic E-state index is 12.5. The van der Waals surface area contributed by atoms with Crippen molar-refractivity contribution in [1.29, 1.82) is 0 Å². The van der Waals surface area contributed by atoms with E-state index in [-0.39, 0.29) is 24.3 Å². The van der Waals surface area contributed by atoms with Crippen molar-refractivity contribution in [3.8, 4) is 0 Å². The standard InChI is InChI=1S/C12H16N2O4/c1-18-9(15)6-14-10(16)12(7-2-3-7,8-4-5-8)13-11(14)17/h7-8H,2-6H2,1H3,(H,13,17). The average molecular weight is 252 g/mol. The summed E-state index contributed by atoms with van der Waals surface area (Å²) < 4.78 is 4.52. The number of esters is 1. The van der Waals surface area contributed by atoms with Crippen molar-refractivity contribution >= 4 is 17.9 Å². The molecule has 3 aliphatic rings. The number of nitrogens with zero attached hydrogens (tertiary/aromatic N) is 1. The molecule has 0 bridgehead atoms. The van der Waals surface area contributed by atoms with Gasteiger partial charge in [-0.1, -0.05) is 0 Å². The molecule has 3 rings (SSSR count). The van der Waals surface area contributed by atoms with Gasteiger partial charge in [-0.2, -0.15) is 0 Å². The summed E-state index contributed by atoms with van der Waals surface area (Å²) in [6.45, 7) is -0.289. The third kappa shape index (κ3) is 1.51. The van der Waals surface area contributed by atoms with Crippen molar-refractivity contribution < 1.29 is 19.1 Å². The fourth-order valence-corrected chi connectivity index (χ4v) is 2.91. The first-order valence-corrected chi connectivity index (χ1v) is 6.30. The molecule has 0 spiro atoms. The fourth-order valence-electron chi connectivity index (χ4n) is 2.91. The number of nitrogens with one attached hydrogen (secondary N) is 1. The van der Waals surface area contributed by atoms with Gasteiger partial charge in [-0.05, 0) is 37.5 Å². The van der Waals surface area contributed by atoms with Crippen LogP contribution in [0.1, 0.15) is 25.7 Å². The highest BCUT2D eigenvalue weighted by atomic mass is 16.5. The summed E-state index contributed by atoms with van der Waals surface area (Å²) in [5.41, 5.74) is -0.717. The zero-order valence-electron chi connectivity index (χ0n) is 10.3. The third-order valence-corrected chi connectivity index (χ3v) is 4.12. The first kappa shape index (κ1) is 11.5. The van der Waals surface area contributed by atoms with E-state index in [9.17, 15) is 14.4 Å². The molecular formula is C12H16N2O4. The average Bonchev–Trinajstić information content (AvgIpc) is 3.23. The monoisotopic (exact) mass is 252 g/mol. The molecule has 6 heteroatoms. The van der Waals surface area contributed by atoms with Gasteiger partial charge in [-0.15, -0.1) is 0 Å². The number of carbonyl (C=O) groups excluding carboxylic acids is 3. The number of rotatable bonds is 4. The van der Waals surface area contributed by atoms with Crippen LogP contribution in [0.5, 0.6) is 0 Å². The maximum Gasteiger partial charge on any atom is 0.325 e. The molecule has 2 saturated carbocycles. The molecule has 0 unspecified atom stereocenters. The predicted molar refractivity (Wildman–Crippen MR) is 60.4 cm³/mol. The molecule has 0 aromatic rings. The van der Waals surface area contributed by atoms with E-state index in [2.05, 4.69) is 10.1 Å². The predicted octanol–water partition coefficient (Wildman–Crippen LogP) is 0.270. The Labute approximate surface area is 105 Å². The highest BCUT2D eigenvalue weighted by molar-refractivity contribution is 6.09. The van der Waals surface area contributed by atoms with Gasteiger partial charge in [0.1, 0.15) is 12.1 Å². The molecule has 0 radical (unpaired) electrons. The highest BCUT2D eigenvalue weighted by Gasteiger charge is 2.65. The van der Waals surface area contributed by atoms with Gasteiger partial charge in [0.15, 0.2) is 0 Å². The van der Waals surface area contributed by atoms with Crippen LogP contribution >= 0.6 is 0 Å². The second-order valence-electron chi connectivity index (χ2n) is 5.32. The van der Waals surface area contributed by atoms with Crippen LogP contribution < -0.4 is 5.32 Å². The molecule has 3 amide bonds. The molecule has 1 saturated heterocycles. The van der Waals surface area contributed by atoms with Gasteiger partial charge in [0.2, 0.25) is 0 Å². The highest BCUT2D eigenvalue weighted by Crippen LogP contribution is 2.54. The topological polar surface area (TPSA) is 75.7 Å². The van der Waals surface area contributed by atoms with Crippen LogP contribution in [0.2, 0.25) is 0 Å². The summed E-state index contributed by atoms with van der Waals surface area (Å²) in [6, 6.07) is -0.454. The summed E-state index contributed by atoms with van der Waals surface area (Å²) in [6.07, 6.45) is 3.92. The second kappa shape index (κ2) is 3.70. The molecule has 0 aromatic heterocycles. The van der Waals surface area contributed by atoms with Crippen LogP contribution in [0.15, 0.2) is 0 Å². The van der Waals surface area contributed by atoms with Gasteiger partial charge < -0.3 is 10.1 Å². The number of methoxy groups -OCH3 is 1. The zero-order valence-corrected chi connectivity index (χ0v) is 10.3. The number of hydrogen-bond donors (Lipinski definition) is 1. The SMILES string of the molecule is COC(=O)CN1C(=O)NC(C2CC2)(C2CC2)C1=O. The summed E-state index contributed by atoms with van der Waals surface area (Å²) in [5, 5.41) is 2.85. The number of carbonyl (C=O) groups is 3. The number of imide groups is 1. The molecule has 1 N–H and O–H groups in total. The van der Waals surface area contributed by atoms with E-state index in [0.29, 0.717) is 0 Å². The van der Waals surface area contributed by atoms with Gasteiger partial charge in [-0.3, -0.25) is 14.5 Å². The molecule has 2 aliphatic carbocycles. The van der Waals surface area contributed by atoms with E-state index in [1.54, 1.807) is 0 Å². The number of amides is 3. The number of ether oxygens (including phenoxy) is 1. The lowest BCUT2D eigenvalue weighted by Gasteiger charge is -2.26. The van der Waals surface area contributed by atoms with Crippen molar-refractivity contribution in [3.63, 3.8) is 0 Å². The molecule has 0 aromatic carbocycles. The minimum atomic E-state index is -0.717. The summed E-state index contributed by atoms with van der Waals surface area (Å²) in [7, 11) is 1.25. The first-order chi connectivity index (χ1) is 8.59. The Morgan fingerprint density at radius 3 is 2.33 bits per heavy atom. The summed E-state index contributed by atoms with van der Waals surface area (Å²) in [4.78, 5) is 36.6. The van der Waals surface area contributed by atoms with E-state index in [0.717, 1.165) is 30.6 Å². The van der Waals surface area contributed by atoms with Crippen LogP contribution in [0.25, 0.3) is 0 Å². The van der Waals surface area contributed by atoms with E-state index >= 15 is 0 Å². The molecule has 98 valence electrons. The minimum absolute atomic E-state index is 0.233. The lowest BCUT2D eigenvalue weighted by atomic mass is 9.87. The molecule has 6 nitrogen and oxygen atoms in total. The van der Waals surface area contributed by atoms with Crippen molar-refractivity contribution in [2.75, 3.05) is 13.7 Å². The zero-order chi connectivity index (χ0) is 12.9. The number of urea groups is 1. The van der Waals surface area contributed by atoms with E-state index in [1.807, 2.05) is 0 Å². The molecule has 18 heavy (non-hydrogen) atoms. The van der Waals surface area contributed by atoms with E-state index in [4.69, 9.17) is 0 Å². The number of hydrogen-bond acceptors (Lipinski definition) is 4. The Bertz CT molecular complexity index is 414. The lowest BCUT2D eigenvalue weighted by Crippen LogP contribution is -2.51. The van der Waals surface area contributed by atoms with Gasteiger partial charge in [0.05, 0.1) is 7.11 Å². The maximum absolute atomic E-state index is 12.5. The van der Waals surface area contributed by atoms with Crippen molar-refractivity contribution in [2.45, 2.75) is 31.2 Å². The Morgan fingerprint density at radius 1 is 1.33 bits per heavy atom. The second-order valence-corrected chi connectivity index (χ2v) is 5.32. The largest absolute Gasteiger partial charge is 0.468 e. The molecule has 3 fully saturated rings. The van der Waals surface area contributed by atoms with Crippen molar-refractivity contribution in [3.05, 3.63) is 0 Å².